The zero-order valence-electron chi connectivity index (χ0n) is 13.7. The van der Waals surface area contributed by atoms with Crippen LogP contribution in [-0.2, 0) is 9.53 Å². The van der Waals surface area contributed by atoms with E-state index in [1.807, 2.05) is 12.3 Å². The van der Waals surface area contributed by atoms with E-state index in [1.165, 1.54) is 44.1 Å². The van der Waals surface area contributed by atoms with Gasteiger partial charge in [0.15, 0.2) is 5.78 Å². The van der Waals surface area contributed by atoms with Gasteiger partial charge in [0, 0.05) is 17.9 Å². The molecule has 2 heteroatoms. The number of carbonyl (C=O) groups is 1. The van der Waals surface area contributed by atoms with Crippen LogP contribution in [0.25, 0.3) is 0 Å². The molecule has 2 nitrogen and oxygen atoms in total. The second-order valence-corrected chi connectivity index (χ2v) is 7.56. The summed E-state index contributed by atoms with van der Waals surface area (Å²) in [5, 5.41) is 0. The third kappa shape index (κ3) is 3.68. The van der Waals surface area contributed by atoms with Gasteiger partial charge in [0.25, 0.3) is 0 Å². The van der Waals surface area contributed by atoms with Crippen LogP contribution in [0.4, 0.5) is 0 Å². The van der Waals surface area contributed by atoms with Gasteiger partial charge in [0.2, 0.25) is 0 Å². The van der Waals surface area contributed by atoms with Gasteiger partial charge >= 0.3 is 0 Å². The Morgan fingerprint density at radius 2 is 1.83 bits per heavy atom. The van der Waals surface area contributed by atoms with E-state index in [4.69, 9.17) is 4.74 Å². The molecule has 1 aromatic rings. The van der Waals surface area contributed by atoms with Gasteiger partial charge in [0.1, 0.15) is 6.10 Å². The van der Waals surface area contributed by atoms with Crippen LogP contribution in [0.1, 0.15) is 62.8 Å². The Morgan fingerprint density at radius 1 is 1.04 bits per heavy atom. The fourth-order valence-corrected chi connectivity index (χ4v) is 3.86. The lowest BCUT2D eigenvalue weighted by molar-refractivity contribution is -0.119. The number of hydrogen-bond donors (Lipinski definition) is 0. The van der Waals surface area contributed by atoms with Crippen molar-refractivity contribution in [3.63, 3.8) is 0 Å². The lowest BCUT2D eigenvalue weighted by Gasteiger charge is -2.27. The van der Waals surface area contributed by atoms with Gasteiger partial charge in [-0.2, -0.15) is 0 Å². The molecular formula is C21H26O2. The molecule has 1 heterocycles. The molecule has 23 heavy (non-hydrogen) atoms. The third-order valence-corrected chi connectivity index (χ3v) is 5.55. The van der Waals surface area contributed by atoms with Gasteiger partial charge in [-0.05, 0) is 43.1 Å². The van der Waals surface area contributed by atoms with Crippen molar-refractivity contribution in [2.24, 2.45) is 11.8 Å². The summed E-state index contributed by atoms with van der Waals surface area (Å²) in [7, 11) is 0. The summed E-state index contributed by atoms with van der Waals surface area (Å²) in [4.78, 5) is 12.7. The van der Waals surface area contributed by atoms with Crippen LogP contribution >= 0.6 is 0 Å². The largest absolute Gasteiger partial charge is 0.497 e. The van der Waals surface area contributed by atoms with Crippen LogP contribution in [0.5, 0.6) is 0 Å². The van der Waals surface area contributed by atoms with E-state index in [9.17, 15) is 4.79 Å². The van der Waals surface area contributed by atoms with E-state index in [1.54, 1.807) is 0 Å². The fourth-order valence-electron chi connectivity index (χ4n) is 3.86. The van der Waals surface area contributed by atoms with Crippen LogP contribution in [0, 0.1) is 11.8 Å². The summed E-state index contributed by atoms with van der Waals surface area (Å²) in [6.07, 6.45) is 11.3. The van der Waals surface area contributed by atoms with Crippen LogP contribution in [0.15, 0.2) is 42.2 Å². The molecule has 0 radical (unpaired) electrons. The minimum Gasteiger partial charge on any atom is -0.497 e. The monoisotopic (exact) mass is 310 g/mol. The molecule has 0 N–H and O–H groups in total. The molecule has 2 atom stereocenters. The molecule has 0 spiro atoms. The van der Waals surface area contributed by atoms with Crippen molar-refractivity contribution in [2.75, 3.05) is 0 Å². The molecule has 4 rings (SSSR count). The van der Waals surface area contributed by atoms with E-state index in [2.05, 4.69) is 24.3 Å². The quantitative estimate of drug-likeness (QED) is 0.708. The molecule has 122 valence electrons. The summed E-state index contributed by atoms with van der Waals surface area (Å²) in [5.41, 5.74) is 2.18. The van der Waals surface area contributed by atoms with E-state index in [-0.39, 0.29) is 12.0 Å². The molecule has 1 aliphatic heterocycles. The predicted molar refractivity (Wildman–Crippen MR) is 91.1 cm³/mol. The maximum Gasteiger partial charge on any atom is 0.166 e. The Kier molecular flexibility index (Phi) is 4.24. The average Bonchev–Trinajstić information content (AvgIpc) is 3.45. The first-order valence-electron chi connectivity index (χ1n) is 9.25. The second kappa shape index (κ2) is 6.51. The van der Waals surface area contributed by atoms with Crippen LogP contribution < -0.4 is 0 Å². The number of Topliss-reactive ketones (excluding diaryl/α,β-unsaturated/α-hetero) is 1. The normalized spacial score (nSPS) is 25.7. The Balaban J connectivity index is 1.42. The van der Waals surface area contributed by atoms with Gasteiger partial charge in [0.05, 0.1) is 6.26 Å². The maximum absolute atomic E-state index is 12.7. The zero-order chi connectivity index (χ0) is 15.6. The smallest absolute Gasteiger partial charge is 0.166 e. The SMILES string of the molecule is O=C1CC(CCCC2CC2)OC=C1C(c1ccccc1)C1CC1. The standard InChI is InChI=1S/C21H26O2/c22-20-13-18(8-4-5-15-9-10-15)23-14-19(20)21(17-11-12-17)16-6-2-1-3-7-16/h1-3,6-7,14-15,17-18,21H,4-5,8-13H2. The number of allylic oxidation sites excluding steroid dienone is 1. The number of ether oxygens (including phenoxy) is 1. The number of ketones is 1. The molecule has 0 saturated heterocycles. The van der Waals surface area contributed by atoms with Crippen molar-refractivity contribution in [1.82, 2.24) is 0 Å². The molecule has 2 aliphatic carbocycles. The Hall–Kier alpha value is -1.57. The van der Waals surface area contributed by atoms with Crippen molar-refractivity contribution in [2.45, 2.75) is 63.4 Å². The Morgan fingerprint density at radius 3 is 2.48 bits per heavy atom. The highest BCUT2D eigenvalue weighted by Crippen LogP contribution is 2.47. The Labute approximate surface area is 138 Å². The van der Waals surface area contributed by atoms with E-state index >= 15 is 0 Å². The predicted octanol–water partition coefficient (Wildman–Crippen LogP) is 5.00. The first-order chi connectivity index (χ1) is 11.3. The number of benzene rings is 1. The molecule has 3 aliphatic rings. The molecular weight excluding hydrogens is 284 g/mol. The number of carbonyl (C=O) groups excluding carboxylic acids is 1. The van der Waals surface area contributed by atoms with Gasteiger partial charge in [-0.3, -0.25) is 4.79 Å². The van der Waals surface area contributed by atoms with E-state index < -0.39 is 0 Å². The third-order valence-electron chi connectivity index (χ3n) is 5.55. The van der Waals surface area contributed by atoms with Gasteiger partial charge < -0.3 is 4.74 Å². The van der Waals surface area contributed by atoms with Gasteiger partial charge in [-0.1, -0.05) is 49.6 Å². The zero-order valence-corrected chi connectivity index (χ0v) is 13.7. The number of rotatable bonds is 7. The van der Waals surface area contributed by atoms with Gasteiger partial charge in [-0.25, -0.2) is 0 Å². The Bertz CT molecular complexity index is 581. The highest BCUT2D eigenvalue weighted by molar-refractivity contribution is 5.97. The van der Waals surface area contributed by atoms with Gasteiger partial charge in [-0.15, -0.1) is 0 Å². The average molecular weight is 310 g/mol. The topological polar surface area (TPSA) is 26.3 Å². The summed E-state index contributed by atoms with van der Waals surface area (Å²) < 4.78 is 5.96. The number of hydrogen-bond acceptors (Lipinski definition) is 2. The lowest BCUT2D eigenvalue weighted by atomic mass is 9.83. The first-order valence-corrected chi connectivity index (χ1v) is 9.25. The minimum atomic E-state index is 0.112. The molecule has 0 bridgehead atoms. The van der Waals surface area contributed by atoms with Crippen LogP contribution in [-0.4, -0.2) is 11.9 Å². The first kappa shape index (κ1) is 15.0. The highest BCUT2D eigenvalue weighted by atomic mass is 16.5. The molecule has 2 fully saturated rings. The lowest BCUT2D eigenvalue weighted by Crippen LogP contribution is -2.26. The second-order valence-electron chi connectivity index (χ2n) is 7.56. The molecule has 1 aromatic carbocycles. The van der Waals surface area contributed by atoms with Crippen molar-refractivity contribution < 1.29 is 9.53 Å². The minimum absolute atomic E-state index is 0.112. The fraction of sp³-hybridized carbons (Fsp3) is 0.571. The van der Waals surface area contributed by atoms with E-state index in [0.717, 1.165) is 17.9 Å². The molecule has 2 saturated carbocycles. The molecule has 2 unspecified atom stereocenters. The van der Waals surface area contributed by atoms with E-state index in [0.29, 0.717) is 18.1 Å². The van der Waals surface area contributed by atoms with Crippen molar-refractivity contribution >= 4 is 5.78 Å². The molecule has 0 amide bonds. The van der Waals surface area contributed by atoms with Crippen molar-refractivity contribution in [1.29, 1.82) is 0 Å². The highest BCUT2D eigenvalue weighted by Gasteiger charge is 2.39. The summed E-state index contributed by atoms with van der Waals surface area (Å²) in [5.74, 6) is 2.16. The molecule has 0 aromatic heterocycles. The summed E-state index contributed by atoms with van der Waals surface area (Å²) >= 11 is 0. The van der Waals surface area contributed by atoms with Crippen molar-refractivity contribution in [3.8, 4) is 0 Å². The van der Waals surface area contributed by atoms with Crippen molar-refractivity contribution in [3.05, 3.63) is 47.7 Å². The maximum atomic E-state index is 12.7. The summed E-state index contributed by atoms with van der Waals surface area (Å²) in [6.45, 7) is 0. The van der Waals surface area contributed by atoms with Crippen LogP contribution in [0.2, 0.25) is 0 Å². The van der Waals surface area contributed by atoms with Crippen LogP contribution in [0.3, 0.4) is 0 Å². The summed E-state index contributed by atoms with van der Waals surface area (Å²) in [6, 6.07) is 10.5.